The van der Waals surface area contributed by atoms with Gasteiger partial charge in [0, 0.05) is 23.7 Å². The number of nitrogens with zero attached hydrogens (tertiary/aromatic N) is 2. The first-order chi connectivity index (χ1) is 14.9. The van der Waals surface area contributed by atoms with Gasteiger partial charge in [0.1, 0.15) is 5.75 Å². The van der Waals surface area contributed by atoms with Gasteiger partial charge in [-0.1, -0.05) is 25.0 Å². The molecule has 1 aliphatic heterocycles. The summed E-state index contributed by atoms with van der Waals surface area (Å²) in [6.07, 6.45) is 9.79. The van der Waals surface area contributed by atoms with E-state index in [4.69, 9.17) is 24.5 Å². The molecule has 0 amide bonds. The van der Waals surface area contributed by atoms with Crippen molar-refractivity contribution >= 4 is 11.9 Å². The number of hydrogen-bond acceptors (Lipinski definition) is 5. The van der Waals surface area contributed by atoms with Gasteiger partial charge >= 0.3 is 11.9 Å². The molecule has 5 rings (SSSR count). The fraction of sp³-hybridized carbons (Fsp3) is 0.458. The maximum atomic E-state index is 9.10. The molecule has 3 atom stereocenters. The first-order valence-corrected chi connectivity index (χ1v) is 10.8. The highest BCUT2D eigenvalue weighted by atomic mass is 16.5. The summed E-state index contributed by atoms with van der Waals surface area (Å²) in [6.45, 7) is 1.23. The fourth-order valence-electron chi connectivity index (χ4n) is 5.77. The van der Waals surface area contributed by atoms with Gasteiger partial charge in [-0.25, -0.2) is 14.6 Å². The van der Waals surface area contributed by atoms with E-state index in [9.17, 15) is 0 Å². The van der Waals surface area contributed by atoms with Crippen molar-refractivity contribution in [2.24, 2.45) is 5.92 Å². The largest absolute Gasteiger partial charge is 0.473 e. The van der Waals surface area contributed by atoms with Crippen LogP contribution in [0.5, 0.6) is 11.6 Å². The van der Waals surface area contributed by atoms with Gasteiger partial charge in [0.05, 0.1) is 0 Å². The molecule has 3 aliphatic rings. The van der Waals surface area contributed by atoms with Crippen LogP contribution >= 0.6 is 0 Å². The average molecular weight is 424 g/mol. The lowest BCUT2D eigenvalue weighted by molar-refractivity contribution is -0.159. The van der Waals surface area contributed by atoms with E-state index in [1.807, 2.05) is 18.2 Å². The van der Waals surface area contributed by atoms with Crippen LogP contribution in [0.1, 0.15) is 43.2 Å². The lowest BCUT2D eigenvalue weighted by atomic mass is 9.52. The SMILES string of the molecule is CN1CC[C@]23CCCC[C@H]2[C@H]1Cc1ccc(Oc2ccccn2)cc13.O=C(O)C(=O)O. The number of carbonyl (C=O) groups is 2. The minimum Gasteiger partial charge on any atom is -0.473 e. The molecule has 1 aromatic heterocycles. The third kappa shape index (κ3) is 4.14. The van der Waals surface area contributed by atoms with E-state index >= 15 is 0 Å². The van der Waals surface area contributed by atoms with Crippen LogP contribution < -0.4 is 4.74 Å². The second kappa shape index (κ2) is 8.67. The summed E-state index contributed by atoms with van der Waals surface area (Å²) >= 11 is 0. The fourth-order valence-corrected chi connectivity index (χ4v) is 5.77. The van der Waals surface area contributed by atoms with Gasteiger partial charge in [-0.15, -0.1) is 0 Å². The minimum atomic E-state index is -1.82. The Bertz CT molecular complexity index is 952. The van der Waals surface area contributed by atoms with E-state index in [-0.39, 0.29) is 0 Å². The second-order valence-corrected chi connectivity index (χ2v) is 8.71. The first kappa shape index (κ1) is 21.3. The molecule has 2 aliphatic carbocycles. The smallest absolute Gasteiger partial charge is 0.414 e. The Kier molecular flexibility index (Phi) is 5.96. The Morgan fingerprint density at radius 2 is 1.94 bits per heavy atom. The molecule has 2 N–H and O–H groups in total. The van der Waals surface area contributed by atoms with E-state index in [0.29, 0.717) is 11.3 Å². The number of carboxylic acid groups (broad SMARTS) is 2. The predicted molar refractivity (Wildman–Crippen MR) is 114 cm³/mol. The standard InChI is InChI=1S/C22H26N2O.C2H2O4/c1-24-13-11-22-10-4-2-6-18(22)20(24)14-16-8-9-17(15-19(16)22)25-21-7-3-5-12-23-21;3-1(4)2(5)6/h3,5,7-9,12,15,18,20H,2,4,6,10-11,13-14H2,1H3;(H,3,4)(H,5,6)/t18-,20+,22+;/m0./s1. The van der Waals surface area contributed by atoms with Crippen molar-refractivity contribution in [3.05, 3.63) is 53.7 Å². The van der Waals surface area contributed by atoms with Crippen molar-refractivity contribution < 1.29 is 24.5 Å². The van der Waals surface area contributed by atoms with Crippen molar-refractivity contribution in [1.82, 2.24) is 9.88 Å². The van der Waals surface area contributed by atoms with Crippen LogP contribution in [-0.4, -0.2) is 51.7 Å². The van der Waals surface area contributed by atoms with Gasteiger partial charge in [-0.2, -0.15) is 0 Å². The molecule has 1 saturated heterocycles. The van der Waals surface area contributed by atoms with Crippen molar-refractivity contribution in [2.45, 2.75) is 50.0 Å². The van der Waals surface area contributed by atoms with Crippen LogP contribution in [-0.2, 0) is 21.4 Å². The van der Waals surface area contributed by atoms with Crippen molar-refractivity contribution in [1.29, 1.82) is 0 Å². The first-order valence-electron chi connectivity index (χ1n) is 10.8. The van der Waals surface area contributed by atoms with Crippen molar-refractivity contribution in [3.8, 4) is 11.6 Å². The second-order valence-electron chi connectivity index (χ2n) is 8.71. The Morgan fingerprint density at radius 1 is 1.13 bits per heavy atom. The Morgan fingerprint density at radius 3 is 2.65 bits per heavy atom. The minimum absolute atomic E-state index is 0.381. The van der Waals surface area contributed by atoms with Crippen LogP contribution in [0.2, 0.25) is 0 Å². The zero-order valence-corrected chi connectivity index (χ0v) is 17.7. The highest BCUT2D eigenvalue weighted by Gasteiger charge is 2.53. The molecular weight excluding hydrogens is 396 g/mol. The molecular formula is C24H28N2O5. The Labute approximate surface area is 181 Å². The third-order valence-electron chi connectivity index (χ3n) is 7.13. The van der Waals surface area contributed by atoms with Crippen LogP contribution in [0, 0.1) is 5.92 Å². The number of likely N-dealkylation sites (N-methyl/N-ethyl adjacent to an activating group) is 1. The monoisotopic (exact) mass is 424 g/mol. The highest BCUT2D eigenvalue weighted by Crippen LogP contribution is 2.56. The maximum absolute atomic E-state index is 9.10. The van der Waals surface area contributed by atoms with Crippen LogP contribution in [0.25, 0.3) is 0 Å². The summed E-state index contributed by atoms with van der Waals surface area (Å²) in [5, 5.41) is 14.8. The Balaban J connectivity index is 0.000000342. The van der Waals surface area contributed by atoms with Gasteiger partial charge < -0.3 is 19.8 Å². The number of fused-ring (bicyclic) bond motifs is 1. The number of aliphatic carboxylic acids is 2. The molecule has 0 unspecified atom stereocenters. The molecule has 2 aromatic rings. The molecule has 1 saturated carbocycles. The number of carboxylic acids is 2. The van der Waals surface area contributed by atoms with E-state index in [2.05, 4.69) is 35.1 Å². The number of benzene rings is 1. The number of aromatic nitrogens is 1. The van der Waals surface area contributed by atoms with Gasteiger partial charge in [0.25, 0.3) is 0 Å². The molecule has 0 radical (unpaired) electrons. The normalized spacial score (nSPS) is 26.5. The summed E-state index contributed by atoms with van der Waals surface area (Å²) in [5.74, 6) is -1.21. The van der Waals surface area contributed by atoms with E-state index in [1.54, 1.807) is 17.3 Å². The van der Waals surface area contributed by atoms with Gasteiger partial charge in [0.2, 0.25) is 5.88 Å². The summed E-state index contributed by atoms with van der Waals surface area (Å²) < 4.78 is 6.06. The molecule has 2 bridgehead atoms. The van der Waals surface area contributed by atoms with Gasteiger partial charge in [-0.3, -0.25) is 0 Å². The zero-order valence-electron chi connectivity index (χ0n) is 17.7. The summed E-state index contributed by atoms with van der Waals surface area (Å²) in [6, 6.07) is 13.3. The molecule has 7 nitrogen and oxygen atoms in total. The van der Waals surface area contributed by atoms with Gasteiger partial charge in [0.15, 0.2) is 0 Å². The Hall–Kier alpha value is -2.93. The van der Waals surface area contributed by atoms with Crippen LogP contribution in [0.15, 0.2) is 42.6 Å². The number of piperidine rings is 1. The molecule has 2 heterocycles. The molecule has 7 heteroatoms. The number of ether oxygens (including phenoxy) is 1. The average Bonchev–Trinajstić information content (AvgIpc) is 2.77. The summed E-state index contributed by atoms with van der Waals surface area (Å²) in [4.78, 5) is 25.1. The van der Waals surface area contributed by atoms with Crippen molar-refractivity contribution in [2.75, 3.05) is 13.6 Å². The van der Waals surface area contributed by atoms with E-state index in [1.165, 1.54) is 45.1 Å². The number of hydrogen-bond donors (Lipinski definition) is 2. The summed E-state index contributed by atoms with van der Waals surface area (Å²) in [7, 11) is 2.33. The molecule has 1 aromatic carbocycles. The molecule has 31 heavy (non-hydrogen) atoms. The zero-order chi connectivity index (χ0) is 22.0. The topological polar surface area (TPSA) is 100.0 Å². The third-order valence-corrected chi connectivity index (χ3v) is 7.13. The molecule has 2 fully saturated rings. The lowest BCUT2D eigenvalue weighted by Crippen LogP contribution is -2.59. The maximum Gasteiger partial charge on any atom is 0.414 e. The predicted octanol–water partition coefficient (Wildman–Crippen LogP) is 3.72. The lowest BCUT2D eigenvalue weighted by Gasteiger charge is -2.58. The number of pyridine rings is 1. The van der Waals surface area contributed by atoms with E-state index in [0.717, 1.165) is 17.7 Å². The van der Waals surface area contributed by atoms with E-state index < -0.39 is 11.9 Å². The summed E-state index contributed by atoms with van der Waals surface area (Å²) in [5.41, 5.74) is 3.50. The molecule has 0 spiro atoms. The number of rotatable bonds is 2. The quantitative estimate of drug-likeness (QED) is 0.709. The highest BCUT2D eigenvalue weighted by molar-refractivity contribution is 6.27. The van der Waals surface area contributed by atoms with Crippen LogP contribution in [0.4, 0.5) is 0 Å². The number of likely N-dealkylation sites (tertiary alicyclic amines) is 1. The van der Waals surface area contributed by atoms with Crippen LogP contribution in [0.3, 0.4) is 0 Å². The molecule has 164 valence electrons. The van der Waals surface area contributed by atoms with Gasteiger partial charge in [-0.05, 0) is 74.5 Å². The van der Waals surface area contributed by atoms with Crippen molar-refractivity contribution in [3.63, 3.8) is 0 Å².